The first kappa shape index (κ1) is 15.1. The third-order valence-corrected chi connectivity index (χ3v) is 3.08. The monoisotopic (exact) mass is 266 g/mol. The van der Waals surface area contributed by atoms with Crippen LogP contribution in [0.3, 0.4) is 0 Å². The highest BCUT2D eigenvalue weighted by molar-refractivity contribution is 5.79. The summed E-state index contributed by atoms with van der Waals surface area (Å²) in [6.07, 6.45) is 0.753. The SMILES string of the molecule is CCC(C)(CO)NC(=O)Cc1ccc([N+](=O)[O-])cc1. The molecule has 0 heterocycles. The Hall–Kier alpha value is -1.95. The summed E-state index contributed by atoms with van der Waals surface area (Å²) >= 11 is 0. The number of carbonyl (C=O) groups excluding carboxylic acids is 1. The molecule has 6 nitrogen and oxygen atoms in total. The van der Waals surface area contributed by atoms with E-state index in [0.717, 1.165) is 0 Å². The number of aliphatic hydroxyl groups is 1. The molecule has 104 valence electrons. The number of amides is 1. The van der Waals surface area contributed by atoms with Crippen LogP contribution in [-0.2, 0) is 11.2 Å². The Morgan fingerprint density at radius 2 is 2.00 bits per heavy atom. The summed E-state index contributed by atoms with van der Waals surface area (Å²) in [6.45, 7) is 3.51. The molecule has 0 aliphatic carbocycles. The fourth-order valence-corrected chi connectivity index (χ4v) is 1.54. The molecule has 1 unspecified atom stereocenters. The smallest absolute Gasteiger partial charge is 0.269 e. The summed E-state index contributed by atoms with van der Waals surface area (Å²) < 4.78 is 0. The van der Waals surface area contributed by atoms with Crippen molar-refractivity contribution >= 4 is 11.6 Å². The van der Waals surface area contributed by atoms with Gasteiger partial charge in [-0.2, -0.15) is 0 Å². The van der Waals surface area contributed by atoms with E-state index in [-0.39, 0.29) is 24.6 Å². The summed E-state index contributed by atoms with van der Waals surface area (Å²) in [6, 6.07) is 5.85. The predicted molar refractivity (Wildman–Crippen MR) is 70.7 cm³/mol. The van der Waals surface area contributed by atoms with Gasteiger partial charge in [-0.25, -0.2) is 0 Å². The number of benzene rings is 1. The summed E-state index contributed by atoms with van der Waals surface area (Å²) in [7, 11) is 0. The molecule has 1 aromatic carbocycles. The molecule has 0 radical (unpaired) electrons. The van der Waals surface area contributed by atoms with E-state index < -0.39 is 10.5 Å². The van der Waals surface area contributed by atoms with E-state index in [1.54, 1.807) is 19.1 Å². The summed E-state index contributed by atoms with van der Waals surface area (Å²) in [5.74, 6) is -0.216. The van der Waals surface area contributed by atoms with Crippen molar-refractivity contribution in [1.82, 2.24) is 5.32 Å². The maximum Gasteiger partial charge on any atom is 0.269 e. The second-order valence-corrected chi connectivity index (χ2v) is 4.72. The van der Waals surface area contributed by atoms with Gasteiger partial charge in [0, 0.05) is 12.1 Å². The van der Waals surface area contributed by atoms with Gasteiger partial charge in [0.05, 0.1) is 23.5 Å². The highest BCUT2D eigenvalue weighted by atomic mass is 16.6. The minimum atomic E-state index is -0.627. The van der Waals surface area contributed by atoms with E-state index in [0.29, 0.717) is 12.0 Å². The molecule has 0 bridgehead atoms. The van der Waals surface area contributed by atoms with Crippen LogP contribution in [0.4, 0.5) is 5.69 Å². The molecular weight excluding hydrogens is 248 g/mol. The zero-order chi connectivity index (χ0) is 14.5. The van der Waals surface area contributed by atoms with E-state index in [4.69, 9.17) is 0 Å². The maximum absolute atomic E-state index is 11.8. The molecule has 6 heteroatoms. The fraction of sp³-hybridized carbons (Fsp3) is 0.462. The van der Waals surface area contributed by atoms with E-state index in [1.807, 2.05) is 6.92 Å². The van der Waals surface area contributed by atoms with Crippen LogP contribution in [0.15, 0.2) is 24.3 Å². The lowest BCUT2D eigenvalue weighted by molar-refractivity contribution is -0.384. The second-order valence-electron chi connectivity index (χ2n) is 4.72. The molecule has 1 atom stereocenters. The molecule has 0 saturated carbocycles. The van der Waals surface area contributed by atoms with Crippen LogP contribution >= 0.6 is 0 Å². The van der Waals surface area contributed by atoms with Crippen LogP contribution < -0.4 is 5.32 Å². The van der Waals surface area contributed by atoms with E-state index >= 15 is 0 Å². The first-order valence-corrected chi connectivity index (χ1v) is 6.05. The van der Waals surface area contributed by atoms with Crippen LogP contribution in [0.25, 0.3) is 0 Å². The van der Waals surface area contributed by atoms with Crippen molar-refractivity contribution in [2.45, 2.75) is 32.2 Å². The minimum Gasteiger partial charge on any atom is -0.394 e. The Balaban J connectivity index is 2.64. The van der Waals surface area contributed by atoms with Gasteiger partial charge in [-0.1, -0.05) is 19.1 Å². The minimum absolute atomic E-state index is 0.00193. The number of aliphatic hydroxyl groups excluding tert-OH is 1. The average molecular weight is 266 g/mol. The van der Waals surface area contributed by atoms with Gasteiger partial charge < -0.3 is 10.4 Å². The Morgan fingerprint density at radius 3 is 2.42 bits per heavy atom. The highest BCUT2D eigenvalue weighted by Crippen LogP contribution is 2.13. The van der Waals surface area contributed by atoms with Gasteiger partial charge in [-0.3, -0.25) is 14.9 Å². The van der Waals surface area contributed by atoms with E-state index in [9.17, 15) is 20.0 Å². The van der Waals surface area contributed by atoms with E-state index in [1.165, 1.54) is 12.1 Å². The van der Waals surface area contributed by atoms with E-state index in [2.05, 4.69) is 5.32 Å². The van der Waals surface area contributed by atoms with Crippen LogP contribution in [0.5, 0.6) is 0 Å². The van der Waals surface area contributed by atoms with Gasteiger partial charge in [0.2, 0.25) is 5.91 Å². The first-order chi connectivity index (χ1) is 8.90. The fourth-order valence-electron chi connectivity index (χ4n) is 1.54. The maximum atomic E-state index is 11.8. The third-order valence-electron chi connectivity index (χ3n) is 3.08. The molecule has 1 aromatic rings. The number of nitro groups is 1. The predicted octanol–water partition coefficient (Wildman–Crippen LogP) is 1.41. The summed E-state index contributed by atoms with van der Waals surface area (Å²) in [5, 5.41) is 22.5. The van der Waals surface area contributed by atoms with Gasteiger partial charge >= 0.3 is 0 Å². The standard InChI is InChI=1S/C13H18N2O4/c1-3-13(2,9-16)14-12(17)8-10-4-6-11(7-5-10)15(18)19/h4-7,16H,3,8-9H2,1-2H3,(H,14,17). The van der Waals surface area contributed by atoms with Gasteiger partial charge in [0.25, 0.3) is 5.69 Å². The molecule has 0 fully saturated rings. The third kappa shape index (κ3) is 4.33. The van der Waals surface area contributed by atoms with Crippen molar-refractivity contribution in [2.75, 3.05) is 6.61 Å². The van der Waals surface area contributed by atoms with Crippen molar-refractivity contribution < 1.29 is 14.8 Å². The molecule has 0 spiro atoms. The molecule has 2 N–H and O–H groups in total. The lowest BCUT2D eigenvalue weighted by Gasteiger charge is -2.27. The molecule has 0 aliphatic heterocycles. The van der Waals surface area contributed by atoms with Crippen molar-refractivity contribution in [1.29, 1.82) is 0 Å². The van der Waals surface area contributed by atoms with Gasteiger partial charge in [-0.05, 0) is 18.9 Å². The average Bonchev–Trinajstić information content (AvgIpc) is 2.39. The number of non-ortho nitro benzene ring substituents is 1. The molecule has 19 heavy (non-hydrogen) atoms. The summed E-state index contributed by atoms with van der Waals surface area (Å²) in [5.41, 5.74) is 0.0649. The summed E-state index contributed by atoms with van der Waals surface area (Å²) in [4.78, 5) is 21.8. The number of nitrogens with zero attached hydrogens (tertiary/aromatic N) is 1. The van der Waals surface area contributed by atoms with Crippen LogP contribution in [0, 0.1) is 10.1 Å². The molecule has 1 amide bonds. The number of nitrogens with one attached hydrogen (secondary N) is 1. The van der Waals surface area contributed by atoms with Gasteiger partial charge in [-0.15, -0.1) is 0 Å². The molecule has 0 aromatic heterocycles. The largest absolute Gasteiger partial charge is 0.394 e. The van der Waals surface area contributed by atoms with Crippen molar-refractivity contribution in [3.05, 3.63) is 39.9 Å². The second kappa shape index (κ2) is 6.29. The molecule has 0 saturated heterocycles. The lowest BCUT2D eigenvalue weighted by Crippen LogP contribution is -2.48. The molecular formula is C13H18N2O4. The van der Waals surface area contributed by atoms with Crippen LogP contribution in [-0.4, -0.2) is 28.1 Å². The first-order valence-electron chi connectivity index (χ1n) is 6.05. The Labute approximate surface area is 111 Å². The van der Waals surface area contributed by atoms with Crippen molar-refractivity contribution in [3.63, 3.8) is 0 Å². The molecule has 1 rings (SSSR count). The number of rotatable bonds is 6. The van der Waals surface area contributed by atoms with Crippen LogP contribution in [0.2, 0.25) is 0 Å². The Morgan fingerprint density at radius 1 is 1.42 bits per heavy atom. The number of hydrogen-bond acceptors (Lipinski definition) is 4. The number of nitro benzene ring substituents is 1. The van der Waals surface area contributed by atoms with Gasteiger partial charge in [0.1, 0.15) is 0 Å². The number of carbonyl (C=O) groups is 1. The van der Waals surface area contributed by atoms with Crippen molar-refractivity contribution in [3.8, 4) is 0 Å². The van der Waals surface area contributed by atoms with Gasteiger partial charge in [0.15, 0.2) is 0 Å². The Kier molecular flexibility index (Phi) is 5.00. The highest BCUT2D eigenvalue weighted by Gasteiger charge is 2.23. The zero-order valence-corrected chi connectivity index (χ0v) is 11.0. The topological polar surface area (TPSA) is 92.5 Å². The van der Waals surface area contributed by atoms with Crippen LogP contribution in [0.1, 0.15) is 25.8 Å². The molecule has 0 aliphatic rings. The van der Waals surface area contributed by atoms with Crippen molar-refractivity contribution in [2.24, 2.45) is 0 Å². The normalized spacial score (nSPS) is 13.6. The Bertz CT molecular complexity index is 452. The quantitative estimate of drug-likeness (QED) is 0.601. The zero-order valence-electron chi connectivity index (χ0n) is 11.0. The number of hydrogen-bond donors (Lipinski definition) is 2. The lowest BCUT2D eigenvalue weighted by atomic mass is 9.99.